The summed E-state index contributed by atoms with van der Waals surface area (Å²) in [6, 6.07) is 28.5. The van der Waals surface area contributed by atoms with Gasteiger partial charge in [-0.2, -0.15) is 9.90 Å². The van der Waals surface area contributed by atoms with E-state index in [2.05, 4.69) is 36.4 Å². The summed E-state index contributed by atoms with van der Waals surface area (Å²) in [6.45, 7) is 0. The van der Waals surface area contributed by atoms with Crippen molar-refractivity contribution in [2.24, 2.45) is 0 Å². The summed E-state index contributed by atoms with van der Waals surface area (Å²) in [6.07, 6.45) is 0.879. The zero-order chi connectivity index (χ0) is 13.6. The molecule has 0 saturated carbocycles. The lowest BCUT2D eigenvalue weighted by molar-refractivity contribution is 0.477. The lowest BCUT2D eigenvalue weighted by Crippen LogP contribution is -1.93. The molecule has 3 aromatic rings. The van der Waals surface area contributed by atoms with Crippen molar-refractivity contribution in [2.45, 2.75) is 6.42 Å². The predicted octanol–water partition coefficient (Wildman–Crippen LogP) is 5.13. The Morgan fingerprint density at radius 1 is 0.619 bits per heavy atom. The Morgan fingerprint density at radius 2 is 1.19 bits per heavy atom. The van der Waals surface area contributed by atoms with Crippen molar-refractivity contribution in [3.63, 3.8) is 0 Å². The topological polar surface area (TPSA) is 9.23 Å². The van der Waals surface area contributed by atoms with E-state index in [1.807, 2.05) is 48.5 Å². The molecule has 3 rings (SSSR count). The molecule has 2 heteroatoms. The van der Waals surface area contributed by atoms with Gasteiger partial charge in [0.1, 0.15) is 11.5 Å². The van der Waals surface area contributed by atoms with Crippen LogP contribution in [0.2, 0.25) is 0 Å². The molecule has 0 aliphatic rings. The Morgan fingerprint density at radius 3 is 1.90 bits per heavy atom. The number of ether oxygens (including phenoxy) is 1. The first kappa shape index (κ1) is 15.3. The SMILES string of the molecule is P.c1ccc(Cc2ccccc2Oc2ccccc2)cc1. The van der Waals surface area contributed by atoms with Crippen molar-refractivity contribution < 1.29 is 4.74 Å². The Labute approximate surface area is 129 Å². The highest BCUT2D eigenvalue weighted by Crippen LogP contribution is 2.26. The van der Waals surface area contributed by atoms with Crippen LogP contribution in [-0.2, 0) is 6.42 Å². The van der Waals surface area contributed by atoms with Gasteiger partial charge in [0, 0.05) is 6.42 Å². The zero-order valence-electron chi connectivity index (χ0n) is 11.9. The van der Waals surface area contributed by atoms with E-state index in [9.17, 15) is 0 Å². The van der Waals surface area contributed by atoms with Crippen LogP contribution >= 0.6 is 9.90 Å². The summed E-state index contributed by atoms with van der Waals surface area (Å²) in [5.74, 6) is 1.79. The van der Waals surface area contributed by atoms with E-state index in [1.54, 1.807) is 0 Å². The second-order valence-electron chi connectivity index (χ2n) is 4.69. The second-order valence-corrected chi connectivity index (χ2v) is 4.69. The molecule has 0 N–H and O–H groups in total. The van der Waals surface area contributed by atoms with Gasteiger partial charge in [0.05, 0.1) is 0 Å². The van der Waals surface area contributed by atoms with E-state index < -0.39 is 0 Å². The van der Waals surface area contributed by atoms with Crippen molar-refractivity contribution in [1.29, 1.82) is 0 Å². The fourth-order valence-corrected chi connectivity index (χ4v) is 2.18. The van der Waals surface area contributed by atoms with E-state index in [4.69, 9.17) is 4.74 Å². The normalized spacial score (nSPS) is 9.71. The van der Waals surface area contributed by atoms with Gasteiger partial charge in [-0.25, -0.2) is 0 Å². The molecular formula is C19H19OP. The Bertz CT molecular complexity index is 605. The fraction of sp³-hybridized carbons (Fsp3) is 0.0526. The largest absolute Gasteiger partial charge is 0.457 e. The van der Waals surface area contributed by atoms with Gasteiger partial charge < -0.3 is 4.74 Å². The van der Waals surface area contributed by atoms with Crippen LogP contribution < -0.4 is 4.74 Å². The van der Waals surface area contributed by atoms with Gasteiger partial charge in [-0.15, -0.1) is 0 Å². The highest BCUT2D eigenvalue weighted by molar-refractivity contribution is 6.92. The minimum atomic E-state index is 0. The Kier molecular flexibility index (Phi) is 5.54. The lowest BCUT2D eigenvalue weighted by atomic mass is 10.0. The van der Waals surface area contributed by atoms with Crippen LogP contribution in [0.15, 0.2) is 84.9 Å². The number of benzene rings is 3. The standard InChI is InChI=1S/C19H16O.H3P/c1-3-9-16(10-4-1)15-17-11-7-8-14-19(17)20-18-12-5-2-6-13-18;/h1-14H,15H2;1H3. The number of hydrogen-bond acceptors (Lipinski definition) is 1. The van der Waals surface area contributed by atoms with Crippen molar-refractivity contribution >= 4 is 9.90 Å². The van der Waals surface area contributed by atoms with Gasteiger partial charge in [-0.3, -0.25) is 0 Å². The minimum Gasteiger partial charge on any atom is -0.457 e. The molecule has 0 fully saturated rings. The number of hydrogen-bond donors (Lipinski definition) is 0. The van der Waals surface area contributed by atoms with Crippen LogP contribution in [0.3, 0.4) is 0 Å². The molecule has 0 saturated heterocycles. The van der Waals surface area contributed by atoms with Crippen molar-refractivity contribution in [2.75, 3.05) is 0 Å². The molecule has 0 heterocycles. The Hall–Kier alpha value is -2.11. The quantitative estimate of drug-likeness (QED) is 0.606. The average Bonchev–Trinajstić information content (AvgIpc) is 2.51. The zero-order valence-corrected chi connectivity index (χ0v) is 13.3. The monoisotopic (exact) mass is 294 g/mol. The van der Waals surface area contributed by atoms with Gasteiger partial charge in [-0.1, -0.05) is 66.7 Å². The summed E-state index contributed by atoms with van der Waals surface area (Å²) in [7, 11) is 0. The van der Waals surface area contributed by atoms with E-state index in [-0.39, 0.29) is 9.90 Å². The van der Waals surface area contributed by atoms with Crippen LogP contribution in [-0.4, -0.2) is 0 Å². The molecular weight excluding hydrogens is 275 g/mol. The first-order valence-corrected chi connectivity index (χ1v) is 6.76. The maximum absolute atomic E-state index is 5.98. The van der Waals surface area contributed by atoms with Crippen LogP contribution in [0.1, 0.15) is 11.1 Å². The van der Waals surface area contributed by atoms with Crippen LogP contribution in [0.4, 0.5) is 0 Å². The fourth-order valence-electron chi connectivity index (χ4n) is 2.18. The first-order valence-electron chi connectivity index (χ1n) is 6.76. The van der Waals surface area contributed by atoms with Crippen molar-refractivity contribution in [3.8, 4) is 11.5 Å². The van der Waals surface area contributed by atoms with Crippen molar-refractivity contribution in [3.05, 3.63) is 96.1 Å². The van der Waals surface area contributed by atoms with E-state index >= 15 is 0 Å². The van der Waals surface area contributed by atoms with E-state index in [0.29, 0.717) is 0 Å². The molecule has 0 radical (unpaired) electrons. The third kappa shape index (κ3) is 4.18. The van der Waals surface area contributed by atoms with Crippen LogP contribution in [0.25, 0.3) is 0 Å². The minimum absolute atomic E-state index is 0. The summed E-state index contributed by atoms with van der Waals surface area (Å²) < 4.78 is 5.98. The summed E-state index contributed by atoms with van der Waals surface area (Å²) in [4.78, 5) is 0. The van der Waals surface area contributed by atoms with Gasteiger partial charge in [0.2, 0.25) is 0 Å². The third-order valence-electron chi connectivity index (χ3n) is 3.18. The summed E-state index contributed by atoms with van der Waals surface area (Å²) in [5.41, 5.74) is 2.49. The number of rotatable bonds is 4. The first-order chi connectivity index (χ1) is 9.92. The molecule has 1 unspecified atom stereocenters. The van der Waals surface area contributed by atoms with Gasteiger partial charge >= 0.3 is 0 Å². The molecule has 1 nitrogen and oxygen atoms in total. The second kappa shape index (κ2) is 7.61. The molecule has 3 aromatic carbocycles. The average molecular weight is 294 g/mol. The highest BCUT2D eigenvalue weighted by Gasteiger charge is 2.05. The third-order valence-corrected chi connectivity index (χ3v) is 3.18. The van der Waals surface area contributed by atoms with Crippen LogP contribution in [0, 0.1) is 0 Å². The number of para-hydroxylation sites is 2. The molecule has 106 valence electrons. The smallest absolute Gasteiger partial charge is 0.130 e. The lowest BCUT2D eigenvalue weighted by Gasteiger charge is -2.11. The molecule has 21 heavy (non-hydrogen) atoms. The maximum atomic E-state index is 5.98. The van der Waals surface area contributed by atoms with Crippen LogP contribution in [0.5, 0.6) is 11.5 Å². The molecule has 0 aliphatic carbocycles. The van der Waals surface area contributed by atoms with Gasteiger partial charge in [0.25, 0.3) is 0 Å². The molecule has 0 bridgehead atoms. The summed E-state index contributed by atoms with van der Waals surface area (Å²) >= 11 is 0. The molecule has 1 atom stereocenters. The maximum Gasteiger partial charge on any atom is 0.130 e. The van der Waals surface area contributed by atoms with E-state index in [0.717, 1.165) is 17.9 Å². The van der Waals surface area contributed by atoms with Gasteiger partial charge in [-0.05, 0) is 29.3 Å². The molecule has 0 aliphatic heterocycles. The van der Waals surface area contributed by atoms with Crippen molar-refractivity contribution in [1.82, 2.24) is 0 Å². The predicted molar refractivity (Wildman–Crippen MR) is 93.3 cm³/mol. The highest BCUT2D eigenvalue weighted by atomic mass is 31.0. The molecule has 0 amide bonds. The van der Waals surface area contributed by atoms with Gasteiger partial charge in [0.15, 0.2) is 0 Å². The van der Waals surface area contributed by atoms with E-state index in [1.165, 1.54) is 11.1 Å². The molecule has 0 spiro atoms. The Balaban J connectivity index is 0.00000161. The molecule has 0 aromatic heterocycles. The summed E-state index contributed by atoms with van der Waals surface area (Å²) in [5, 5.41) is 0.